The Kier molecular flexibility index (Phi) is 33.0. The highest BCUT2D eigenvalue weighted by Gasteiger charge is 2.17. The van der Waals surface area contributed by atoms with Crippen LogP contribution in [-0.2, 0) is 4.79 Å². The summed E-state index contributed by atoms with van der Waals surface area (Å²) < 4.78 is 0. The van der Waals surface area contributed by atoms with Crippen LogP contribution in [0.2, 0.25) is 0 Å². The highest BCUT2D eigenvalue weighted by atomic mass is 16.3. The Morgan fingerprint density at radius 1 is 0.571 bits per heavy atom. The first-order valence-electron chi connectivity index (χ1n) is 18.2. The normalized spacial score (nSPS) is 13.5. The molecule has 0 aromatic heterocycles. The molecule has 0 heterocycles. The number of aliphatic hydroxyl groups excluding tert-OH is 2. The minimum atomic E-state index is -0.835. The lowest BCUT2D eigenvalue weighted by molar-refractivity contribution is -0.123. The molecule has 1 amide bonds. The Bertz CT molecular complexity index is 642. The molecule has 4 heteroatoms. The van der Waals surface area contributed by atoms with Crippen LogP contribution < -0.4 is 5.32 Å². The number of amides is 1. The quantitative estimate of drug-likeness (QED) is 0.0540. The van der Waals surface area contributed by atoms with Crippen LogP contribution in [0.15, 0.2) is 36.5 Å². The number of hydrogen-bond donors (Lipinski definition) is 3. The van der Waals surface area contributed by atoms with Crippen LogP contribution in [-0.4, -0.2) is 34.9 Å². The maximum Gasteiger partial charge on any atom is 0.220 e. The topological polar surface area (TPSA) is 69.6 Å². The van der Waals surface area contributed by atoms with E-state index in [1.54, 1.807) is 6.08 Å². The molecular weight excluding hydrogens is 518 g/mol. The standard InChI is InChI=1S/C38H71NO3/c1-3-5-7-9-11-12-13-14-15-16-17-18-19-20-21-22-23-24-25-26-28-30-32-34-38(42)39-36(35-40)37(41)33-31-29-27-10-8-6-4-2/h13-14,16-17,31,33,36-37,40-41H,3-12,15,18-30,32,34-35H2,1-2H3,(H,39,42)/b14-13-,17-16-,33-31+. The van der Waals surface area contributed by atoms with Crippen molar-refractivity contribution in [2.75, 3.05) is 6.61 Å². The van der Waals surface area contributed by atoms with Crippen LogP contribution in [0, 0.1) is 0 Å². The van der Waals surface area contributed by atoms with Gasteiger partial charge in [-0.25, -0.2) is 0 Å². The molecule has 2 unspecified atom stereocenters. The Morgan fingerprint density at radius 3 is 1.43 bits per heavy atom. The molecule has 0 aliphatic carbocycles. The second-order valence-electron chi connectivity index (χ2n) is 12.3. The summed E-state index contributed by atoms with van der Waals surface area (Å²) in [5.74, 6) is -0.0723. The first-order chi connectivity index (χ1) is 20.7. The molecule has 0 aromatic rings. The average Bonchev–Trinajstić information content (AvgIpc) is 2.99. The molecule has 2 atom stereocenters. The van der Waals surface area contributed by atoms with E-state index < -0.39 is 12.1 Å². The molecule has 0 spiro atoms. The van der Waals surface area contributed by atoms with Crippen molar-refractivity contribution in [2.24, 2.45) is 0 Å². The van der Waals surface area contributed by atoms with Crippen molar-refractivity contribution >= 4 is 5.91 Å². The van der Waals surface area contributed by atoms with Crippen LogP contribution >= 0.6 is 0 Å². The SMILES string of the molecule is CCCCCCC/C=C\C/C=C\CCCCCCCCCCCCCC(=O)NC(CO)C(O)/C=C/CCCCCCC. The van der Waals surface area contributed by atoms with Gasteiger partial charge in [0.2, 0.25) is 5.91 Å². The van der Waals surface area contributed by atoms with Crippen molar-refractivity contribution in [3.8, 4) is 0 Å². The van der Waals surface area contributed by atoms with Crippen molar-refractivity contribution in [2.45, 2.75) is 193 Å². The molecule has 0 saturated carbocycles. The van der Waals surface area contributed by atoms with Crippen molar-refractivity contribution in [3.63, 3.8) is 0 Å². The Hall–Kier alpha value is -1.39. The molecule has 246 valence electrons. The third-order valence-electron chi connectivity index (χ3n) is 8.12. The summed E-state index contributed by atoms with van der Waals surface area (Å²) in [6.45, 7) is 4.23. The first-order valence-corrected chi connectivity index (χ1v) is 18.2. The van der Waals surface area contributed by atoms with Crippen molar-refractivity contribution in [3.05, 3.63) is 36.5 Å². The Labute approximate surface area is 261 Å². The number of carbonyl (C=O) groups is 1. The van der Waals surface area contributed by atoms with Gasteiger partial charge in [0.1, 0.15) is 0 Å². The van der Waals surface area contributed by atoms with Crippen LogP contribution in [0.3, 0.4) is 0 Å². The summed E-state index contributed by atoms with van der Waals surface area (Å²) in [7, 11) is 0. The van der Waals surface area contributed by atoms with E-state index in [4.69, 9.17) is 0 Å². The van der Waals surface area contributed by atoms with E-state index in [0.29, 0.717) is 6.42 Å². The van der Waals surface area contributed by atoms with E-state index in [0.717, 1.165) is 32.1 Å². The molecule has 0 bridgehead atoms. The zero-order valence-corrected chi connectivity index (χ0v) is 28.0. The second kappa shape index (κ2) is 34.1. The fourth-order valence-corrected chi connectivity index (χ4v) is 5.26. The van der Waals surface area contributed by atoms with Gasteiger partial charge in [-0.3, -0.25) is 4.79 Å². The maximum atomic E-state index is 12.2. The van der Waals surface area contributed by atoms with Gasteiger partial charge in [0.25, 0.3) is 0 Å². The van der Waals surface area contributed by atoms with Crippen molar-refractivity contribution < 1.29 is 15.0 Å². The predicted molar refractivity (Wildman–Crippen MR) is 184 cm³/mol. The molecule has 0 fully saturated rings. The third-order valence-corrected chi connectivity index (χ3v) is 8.12. The van der Waals surface area contributed by atoms with E-state index in [-0.39, 0.29) is 12.5 Å². The molecule has 0 aliphatic rings. The number of rotatable bonds is 32. The Morgan fingerprint density at radius 2 is 0.976 bits per heavy atom. The summed E-state index contributed by atoms with van der Waals surface area (Å²) in [6.07, 6.45) is 43.9. The average molecular weight is 590 g/mol. The number of carbonyl (C=O) groups excluding carboxylic acids is 1. The lowest BCUT2D eigenvalue weighted by atomic mass is 10.0. The number of aliphatic hydroxyl groups is 2. The summed E-state index contributed by atoms with van der Waals surface area (Å²) in [4.78, 5) is 12.2. The van der Waals surface area contributed by atoms with Gasteiger partial charge in [-0.2, -0.15) is 0 Å². The van der Waals surface area contributed by atoms with E-state index in [2.05, 4.69) is 43.5 Å². The van der Waals surface area contributed by atoms with Gasteiger partial charge in [0.15, 0.2) is 0 Å². The molecule has 42 heavy (non-hydrogen) atoms. The van der Waals surface area contributed by atoms with E-state index in [1.807, 2.05) is 6.08 Å². The molecule has 0 saturated heterocycles. The molecule has 4 nitrogen and oxygen atoms in total. The van der Waals surface area contributed by atoms with Gasteiger partial charge in [-0.05, 0) is 51.4 Å². The fourth-order valence-electron chi connectivity index (χ4n) is 5.26. The van der Waals surface area contributed by atoms with Gasteiger partial charge in [0.05, 0.1) is 18.8 Å². The van der Waals surface area contributed by atoms with Crippen LogP contribution in [0.4, 0.5) is 0 Å². The van der Waals surface area contributed by atoms with Gasteiger partial charge in [0, 0.05) is 6.42 Å². The Balaban J connectivity index is 3.52. The maximum absolute atomic E-state index is 12.2. The zero-order chi connectivity index (χ0) is 30.8. The molecule has 3 N–H and O–H groups in total. The summed E-state index contributed by atoms with van der Waals surface area (Å²) in [6, 6.07) is -0.618. The largest absolute Gasteiger partial charge is 0.394 e. The highest BCUT2D eigenvalue weighted by Crippen LogP contribution is 2.13. The monoisotopic (exact) mass is 590 g/mol. The lowest BCUT2D eigenvalue weighted by Gasteiger charge is -2.20. The van der Waals surface area contributed by atoms with Crippen LogP contribution in [0.1, 0.15) is 181 Å². The highest BCUT2D eigenvalue weighted by molar-refractivity contribution is 5.76. The van der Waals surface area contributed by atoms with Gasteiger partial charge in [-0.1, -0.05) is 159 Å². The minimum Gasteiger partial charge on any atom is -0.394 e. The van der Waals surface area contributed by atoms with E-state index >= 15 is 0 Å². The van der Waals surface area contributed by atoms with Crippen molar-refractivity contribution in [1.29, 1.82) is 0 Å². The summed E-state index contributed by atoms with van der Waals surface area (Å²) >= 11 is 0. The zero-order valence-electron chi connectivity index (χ0n) is 28.0. The van der Waals surface area contributed by atoms with Gasteiger partial charge in [-0.15, -0.1) is 0 Å². The van der Waals surface area contributed by atoms with Gasteiger partial charge >= 0.3 is 0 Å². The third kappa shape index (κ3) is 30.1. The van der Waals surface area contributed by atoms with E-state index in [9.17, 15) is 15.0 Å². The first kappa shape index (κ1) is 40.6. The molecule has 0 aromatic carbocycles. The molecule has 0 rings (SSSR count). The predicted octanol–water partition coefficient (Wildman–Crippen LogP) is 10.7. The van der Waals surface area contributed by atoms with Crippen molar-refractivity contribution in [1.82, 2.24) is 5.32 Å². The second-order valence-corrected chi connectivity index (χ2v) is 12.3. The number of allylic oxidation sites excluding steroid dienone is 5. The number of unbranched alkanes of at least 4 members (excludes halogenated alkanes) is 21. The lowest BCUT2D eigenvalue weighted by Crippen LogP contribution is -2.45. The fraction of sp³-hybridized carbons (Fsp3) is 0.816. The molecule has 0 aliphatic heterocycles. The number of nitrogens with one attached hydrogen (secondary N) is 1. The van der Waals surface area contributed by atoms with Crippen LogP contribution in [0.5, 0.6) is 0 Å². The summed E-state index contributed by atoms with van der Waals surface area (Å²) in [5, 5.41) is 22.7. The molecule has 0 radical (unpaired) electrons. The van der Waals surface area contributed by atoms with E-state index in [1.165, 1.54) is 128 Å². The number of hydrogen-bond acceptors (Lipinski definition) is 3. The smallest absolute Gasteiger partial charge is 0.220 e. The summed E-state index contributed by atoms with van der Waals surface area (Å²) in [5.41, 5.74) is 0. The minimum absolute atomic E-state index is 0.0723. The molecular formula is C38H71NO3. The van der Waals surface area contributed by atoms with Gasteiger partial charge < -0.3 is 15.5 Å². The van der Waals surface area contributed by atoms with Crippen LogP contribution in [0.25, 0.3) is 0 Å².